The molecule has 1 aromatic heterocycles. The summed E-state index contributed by atoms with van der Waals surface area (Å²) < 4.78 is 7.58. The number of benzene rings is 1. The van der Waals surface area contributed by atoms with Crippen molar-refractivity contribution in [1.29, 1.82) is 0 Å². The first kappa shape index (κ1) is 16.7. The Labute approximate surface area is 141 Å². The van der Waals surface area contributed by atoms with Gasteiger partial charge in [-0.25, -0.2) is 0 Å². The molecule has 6 heteroatoms. The minimum Gasteiger partial charge on any atom is -0.392 e. The summed E-state index contributed by atoms with van der Waals surface area (Å²) in [5.41, 5.74) is 2.76. The number of hydrogen-bond donors (Lipinski definition) is 2. The molecule has 1 aliphatic rings. The van der Waals surface area contributed by atoms with E-state index in [0.717, 1.165) is 29.5 Å². The van der Waals surface area contributed by atoms with Gasteiger partial charge in [0, 0.05) is 32.0 Å². The molecule has 0 unspecified atom stereocenters. The van der Waals surface area contributed by atoms with Gasteiger partial charge in [0.15, 0.2) is 0 Å². The minimum absolute atomic E-state index is 0.00132. The number of aryl methyl sites for hydroxylation is 1. The van der Waals surface area contributed by atoms with E-state index in [1.165, 1.54) is 0 Å². The van der Waals surface area contributed by atoms with Gasteiger partial charge in [-0.15, -0.1) is 0 Å². The molecule has 3 rings (SSSR count). The van der Waals surface area contributed by atoms with Crippen molar-refractivity contribution in [3.05, 3.63) is 53.3 Å². The van der Waals surface area contributed by atoms with Gasteiger partial charge in [0.25, 0.3) is 0 Å². The maximum Gasteiger partial charge on any atom is 0.226 e. The normalized spacial score (nSPS) is 20.8. The van der Waals surface area contributed by atoms with Crippen molar-refractivity contribution in [1.82, 2.24) is 15.1 Å². The topological polar surface area (TPSA) is 76.4 Å². The van der Waals surface area contributed by atoms with Crippen LogP contribution in [0.15, 0.2) is 36.7 Å². The van der Waals surface area contributed by atoms with E-state index in [1.807, 2.05) is 37.5 Å². The molecule has 1 saturated heterocycles. The molecule has 1 aliphatic heterocycles. The maximum absolute atomic E-state index is 12.6. The number of carbonyl (C=O) groups excluding carboxylic acids is 1. The molecule has 2 atom stereocenters. The molecule has 1 fully saturated rings. The monoisotopic (exact) mass is 329 g/mol. The van der Waals surface area contributed by atoms with E-state index in [-0.39, 0.29) is 24.5 Å². The Morgan fingerprint density at radius 3 is 3.04 bits per heavy atom. The molecule has 0 radical (unpaired) electrons. The predicted molar refractivity (Wildman–Crippen MR) is 88.8 cm³/mol. The summed E-state index contributed by atoms with van der Waals surface area (Å²) in [6.45, 7) is 1.12. The molecule has 0 aliphatic carbocycles. The zero-order valence-electron chi connectivity index (χ0n) is 13.8. The lowest BCUT2D eigenvalue weighted by Gasteiger charge is -2.30. The van der Waals surface area contributed by atoms with Gasteiger partial charge >= 0.3 is 0 Å². The standard InChI is InChI=1S/C18H23N3O3/c1-21-11-15(10-20-21)17-16(6-3-7-24-17)18(23)19-9-13-4-2-5-14(8-13)12-22/h2,4-5,8,10-11,16-17,22H,3,6-7,9,12H2,1H3,(H,19,23)/t16-,17+/m1/s1. The van der Waals surface area contributed by atoms with Crippen LogP contribution >= 0.6 is 0 Å². The summed E-state index contributed by atoms with van der Waals surface area (Å²) in [5, 5.41) is 16.4. The van der Waals surface area contributed by atoms with Crippen LogP contribution in [0.25, 0.3) is 0 Å². The highest BCUT2D eigenvalue weighted by atomic mass is 16.5. The van der Waals surface area contributed by atoms with E-state index in [9.17, 15) is 9.90 Å². The quantitative estimate of drug-likeness (QED) is 0.875. The second kappa shape index (κ2) is 7.59. The van der Waals surface area contributed by atoms with Crippen LogP contribution in [0, 0.1) is 5.92 Å². The summed E-state index contributed by atoms with van der Waals surface area (Å²) in [7, 11) is 1.86. The molecule has 1 aromatic carbocycles. The zero-order chi connectivity index (χ0) is 16.9. The third-order valence-corrected chi connectivity index (χ3v) is 4.35. The lowest BCUT2D eigenvalue weighted by Crippen LogP contribution is -2.37. The molecule has 24 heavy (non-hydrogen) atoms. The average Bonchev–Trinajstić information content (AvgIpc) is 3.06. The third-order valence-electron chi connectivity index (χ3n) is 4.35. The van der Waals surface area contributed by atoms with E-state index < -0.39 is 0 Å². The van der Waals surface area contributed by atoms with Crippen LogP contribution in [-0.2, 0) is 29.7 Å². The highest BCUT2D eigenvalue weighted by Gasteiger charge is 2.33. The van der Waals surface area contributed by atoms with Crippen LogP contribution < -0.4 is 5.32 Å². The first-order valence-corrected chi connectivity index (χ1v) is 8.24. The second-order valence-corrected chi connectivity index (χ2v) is 6.18. The number of aliphatic hydroxyl groups is 1. The van der Waals surface area contributed by atoms with Crippen LogP contribution in [0.2, 0.25) is 0 Å². The van der Waals surface area contributed by atoms with Gasteiger partial charge in [-0.1, -0.05) is 24.3 Å². The number of nitrogens with zero attached hydrogens (tertiary/aromatic N) is 2. The first-order valence-electron chi connectivity index (χ1n) is 8.24. The largest absolute Gasteiger partial charge is 0.392 e. The van der Waals surface area contributed by atoms with Gasteiger partial charge in [-0.3, -0.25) is 9.48 Å². The van der Waals surface area contributed by atoms with E-state index >= 15 is 0 Å². The fraction of sp³-hybridized carbons (Fsp3) is 0.444. The second-order valence-electron chi connectivity index (χ2n) is 6.18. The van der Waals surface area contributed by atoms with Crippen molar-refractivity contribution in [2.75, 3.05) is 6.61 Å². The van der Waals surface area contributed by atoms with Gasteiger partial charge in [-0.05, 0) is 24.0 Å². The lowest BCUT2D eigenvalue weighted by molar-refractivity contribution is -0.134. The van der Waals surface area contributed by atoms with Crippen LogP contribution in [0.4, 0.5) is 0 Å². The molecular formula is C18H23N3O3. The molecule has 2 aromatic rings. The fourth-order valence-electron chi connectivity index (χ4n) is 3.12. The Kier molecular flexibility index (Phi) is 5.27. The maximum atomic E-state index is 12.6. The van der Waals surface area contributed by atoms with Crippen LogP contribution in [0.3, 0.4) is 0 Å². The van der Waals surface area contributed by atoms with Crippen molar-refractivity contribution >= 4 is 5.91 Å². The fourth-order valence-corrected chi connectivity index (χ4v) is 3.12. The van der Waals surface area contributed by atoms with Gasteiger partial charge in [-0.2, -0.15) is 5.10 Å². The van der Waals surface area contributed by atoms with E-state index in [2.05, 4.69) is 10.4 Å². The van der Waals surface area contributed by atoms with Crippen LogP contribution in [-0.4, -0.2) is 27.4 Å². The summed E-state index contributed by atoms with van der Waals surface area (Å²) in [6.07, 6.45) is 5.12. The molecule has 6 nitrogen and oxygen atoms in total. The number of aromatic nitrogens is 2. The molecule has 0 spiro atoms. The van der Waals surface area contributed by atoms with Crippen molar-refractivity contribution in [2.45, 2.75) is 32.1 Å². The predicted octanol–water partition coefficient (Wildman–Crippen LogP) is 1.70. The van der Waals surface area contributed by atoms with Crippen molar-refractivity contribution < 1.29 is 14.6 Å². The van der Waals surface area contributed by atoms with Gasteiger partial charge < -0.3 is 15.2 Å². The number of carbonyl (C=O) groups is 1. The molecule has 0 bridgehead atoms. The van der Waals surface area contributed by atoms with Crippen molar-refractivity contribution in [3.8, 4) is 0 Å². The van der Waals surface area contributed by atoms with E-state index in [1.54, 1.807) is 10.9 Å². The lowest BCUT2D eigenvalue weighted by atomic mass is 9.90. The summed E-state index contributed by atoms with van der Waals surface area (Å²) in [4.78, 5) is 12.6. The van der Waals surface area contributed by atoms with Gasteiger partial charge in [0.05, 0.1) is 24.8 Å². The van der Waals surface area contributed by atoms with E-state index in [0.29, 0.717) is 13.2 Å². The third kappa shape index (κ3) is 3.83. The number of hydrogen-bond acceptors (Lipinski definition) is 4. The number of rotatable bonds is 5. The Morgan fingerprint density at radius 2 is 2.29 bits per heavy atom. The van der Waals surface area contributed by atoms with E-state index in [4.69, 9.17) is 4.74 Å². The summed E-state index contributed by atoms with van der Waals surface area (Å²) >= 11 is 0. The highest BCUT2D eigenvalue weighted by molar-refractivity contribution is 5.79. The molecule has 0 saturated carbocycles. The summed E-state index contributed by atoms with van der Waals surface area (Å²) in [5.74, 6) is -0.207. The van der Waals surface area contributed by atoms with Gasteiger partial charge in [0.2, 0.25) is 5.91 Å². The minimum atomic E-state index is -0.240. The highest BCUT2D eigenvalue weighted by Crippen LogP contribution is 2.33. The SMILES string of the molecule is Cn1cc([C@@H]2OCCC[C@H]2C(=O)NCc2cccc(CO)c2)cn1. The molecule has 2 N–H and O–H groups in total. The number of aliphatic hydroxyl groups excluding tert-OH is 1. The Balaban J connectivity index is 1.65. The van der Waals surface area contributed by atoms with Crippen LogP contribution in [0.5, 0.6) is 0 Å². The Hall–Kier alpha value is -2.18. The smallest absolute Gasteiger partial charge is 0.226 e. The van der Waals surface area contributed by atoms with Gasteiger partial charge in [0.1, 0.15) is 0 Å². The number of nitrogens with one attached hydrogen (secondary N) is 1. The number of amides is 1. The molecule has 2 heterocycles. The zero-order valence-corrected chi connectivity index (χ0v) is 13.8. The Morgan fingerprint density at radius 1 is 1.46 bits per heavy atom. The molecule has 1 amide bonds. The number of ether oxygens (including phenoxy) is 1. The Bertz CT molecular complexity index is 698. The molecular weight excluding hydrogens is 306 g/mol. The van der Waals surface area contributed by atoms with Crippen molar-refractivity contribution in [2.24, 2.45) is 13.0 Å². The average molecular weight is 329 g/mol. The molecule has 128 valence electrons. The first-order chi connectivity index (χ1) is 11.7. The van der Waals surface area contributed by atoms with Crippen molar-refractivity contribution in [3.63, 3.8) is 0 Å². The summed E-state index contributed by atoms with van der Waals surface area (Å²) in [6, 6.07) is 7.58. The van der Waals surface area contributed by atoms with Crippen LogP contribution in [0.1, 0.15) is 35.6 Å².